The van der Waals surface area contributed by atoms with Crippen LogP contribution in [0, 0.1) is 0 Å². The molecule has 4 nitrogen and oxygen atoms in total. The summed E-state index contributed by atoms with van der Waals surface area (Å²) >= 11 is 0. The highest BCUT2D eigenvalue weighted by molar-refractivity contribution is 5.79. The molecule has 1 aromatic carbocycles. The standard InChI is InChI=1S/C11H12N2O2/c1-2-11-8(6-12-13-11)5-9(1)15-10-3-4-14-7-10/h1-2,5-6,10H,3-4,7H2,(H,12,13). The van der Waals surface area contributed by atoms with Gasteiger partial charge in [0.1, 0.15) is 11.9 Å². The topological polar surface area (TPSA) is 47.1 Å². The first kappa shape index (κ1) is 8.73. The summed E-state index contributed by atoms with van der Waals surface area (Å²) in [6.45, 7) is 1.50. The van der Waals surface area contributed by atoms with Crippen LogP contribution in [-0.2, 0) is 4.74 Å². The summed E-state index contributed by atoms with van der Waals surface area (Å²) in [6, 6.07) is 5.93. The monoisotopic (exact) mass is 204 g/mol. The van der Waals surface area contributed by atoms with Crippen molar-refractivity contribution in [1.82, 2.24) is 10.2 Å². The van der Waals surface area contributed by atoms with Gasteiger partial charge in [0.2, 0.25) is 0 Å². The predicted octanol–water partition coefficient (Wildman–Crippen LogP) is 1.73. The fourth-order valence-electron chi connectivity index (χ4n) is 1.79. The first-order valence-corrected chi connectivity index (χ1v) is 5.09. The normalized spacial score (nSPS) is 20.9. The van der Waals surface area contributed by atoms with Crippen LogP contribution in [0.4, 0.5) is 0 Å². The molecule has 2 aromatic rings. The first-order valence-electron chi connectivity index (χ1n) is 5.09. The molecular weight excluding hydrogens is 192 g/mol. The number of nitrogens with zero attached hydrogens (tertiary/aromatic N) is 1. The van der Waals surface area contributed by atoms with Gasteiger partial charge in [-0.3, -0.25) is 5.10 Å². The van der Waals surface area contributed by atoms with Gasteiger partial charge in [0.05, 0.1) is 24.9 Å². The van der Waals surface area contributed by atoms with Crippen LogP contribution in [0.2, 0.25) is 0 Å². The van der Waals surface area contributed by atoms with Gasteiger partial charge in [-0.05, 0) is 18.2 Å². The Balaban J connectivity index is 1.84. The SMILES string of the molecule is c1cc2[nH]ncc2cc1OC1CCOC1. The molecule has 0 aliphatic carbocycles. The molecule has 1 saturated heterocycles. The van der Waals surface area contributed by atoms with Crippen LogP contribution < -0.4 is 4.74 Å². The van der Waals surface area contributed by atoms with Crippen LogP contribution in [0.3, 0.4) is 0 Å². The van der Waals surface area contributed by atoms with Gasteiger partial charge < -0.3 is 9.47 Å². The van der Waals surface area contributed by atoms with E-state index in [4.69, 9.17) is 9.47 Å². The van der Waals surface area contributed by atoms with Crippen molar-refractivity contribution in [3.05, 3.63) is 24.4 Å². The summed E-state index contributed by atoms with van der Waals surface area (Å²) < 4.78 is 11.0. The number of fused-ring (bicyclic) bond motifs is 1. The van der Waals surface area contributed by atoms with Crippen LogP contribution in [-0.4, -0.2) is 29.5 Å². The lowest BCUT2D eigenvalue weighted by molar-refractivity contribution is 0.141. The maximum atomic E-state index is 5.79. The van der Waals surface area contributed by atoms with E-state index in [9.17, 15) is 0 Å². The van der Waals surface area contributed by atoms with Gasteiger partial charge in [-0.25, -0.2) is 0 Å². The number of aromatic amines is 1. The molecule has 0 spiro atoms. The molecular formula is C11H12N2O2. The van der Waals surface area contributed by atoms with Crippen molar-refractivity contribution in [3.63, 3.8) is 0 Å². The van der Waals surface area contributed by atoms with E-state index in [-0.39, 0.29) is 6.10 Å². The van der Waals surface area contributed by atoms with Gasteiger partial charge in [-0.2, -0.15) is 5.10 Å². The smallest absolute Gasteiger partial charge is 0.124 e. The number of aromatic nitrogens is 2. The summed E-state index contributed by atoms with van der Waals surface area (Å²) in [4.78, 5) is 0. The zero-order valence-electron chi connectivity index (χ0n) is 8.27. The number of hydrogen-bond donors (Lipinski definition) is 1. The van der Waals surface area contributed by atoms with Crippen molar-refractivity contribution >= 4 is 10.9 Å². The third-order valence-corrected chi connectivity index (χ3v) is 2.60. The number of hydrogen-bond acceptors (Lipinski definition) is 3. The highest BCUT2D eigenvalue weighted by Crippen LogP contribution is 2.21. The van der Waals surface area contributed by atoms with E-state index in [1.165, 1.54) is 0 Å². The lowest BCUT2D eigenvalue weighted by atomic mass is 10.2. The quantitative estimate of drug-likeness (QED) is 0.810. The number of nitrogens with one attached hydrogen (secondary N) is 1. The number of rotatable bonds is 2. The average Bonchev–Trinajstić information content (AvgIpc) is 2.87. The van der Waals surface area contributed by atoms with Gasteiger partial charge in [0, 0.05) is 11.8 Å². The molecule has 1 aromatic heterocycles. The van der Waals surface area contributed by atoms with Crippen LogP contribution in [0.5, 0.6) is 5.75 Å². The van der Waals surface area contributed by atoms with E-state index in [0.717, 1.165) is 29.7 Å². The lowest BCUT2D eigenvalue weighted by Gasteiger charge is -2.11. The molecule has 1 N–H and O–H groups in total. The Labute approximate surface area is 87.2 Å². The molecule has 15 heavy (non-hydrogen) atoms. The second-order valence-electron chi connectivity index (χ2n) is 3.72. The second kappa shape index (κ2) is 3.55. The molecule has 0 saturated carbocycles. The summed E-state index contributed by atoms with van der Waals surface area (Å²) in [5.74, 6) is 0.888. The molecule has 1 aliphatic rings. The van der Waals surface area contributed by atoms with Gasteiger partial charge in [-0.15, -0.1) is 0 Å². The molecule has 0 bridgehead atoms. The van der Waals surface area contributed by atoms with Crippen molar-refractivity contribution < 1.29 is 9.47 Å². The van der Waals surface area contributed by atoms with Crippen LogP contribution in [0.25, 0.3) is 10.9 Å². The van der Waals surface area contributed by atoms with Gasteiger partial charge in [0.15, 0.2) is 0 Å². The zero-order valence-corrected chi connectivity index (χ0v) is 8.27. The molecule has 4 heteroatoms. The molecule has 3 rings (SSSR count). The molecule has 1 aliphatic heterocycles. The Kier molecular flexibility index (Phi) is 2.07. The highest BCUT2D eigenvalue weighted by Gasteiger charge is 2.17. The second-order valence-corrected chi connectivity index (χ2v) is 3.72. The fourth-order valence-corrected chi connectivity index (χ4v) is 1.79. The number of H-pyrrole nitrogens is 1. The lowest BCUT2D eigenvalue weighted by Crippen LogP contribution is -2.15. The van der Waals surface area contributed by atoms with Crippen molar-refractivity contribution in [3.8, 4) is 5.75 Å². The Hall–Kier alpha value is -1.55. The van der Waals surface area contributed by atoms with Crippen molar-refractivity contribution in [1.29, 1.82) is 0 Å². The largest absolute Gasteiger partial charge is 0.488 e. The van der Waals surface area contributed by atoms with E-state index in [1.54, 1.807) is 6.20 Å². The molecule has 2 heterocycles. The van der Waals surface area contributed by atoms with E-state index in [2.05, 4.69) is 10.2 Å². The van der Waals surface area contributed by atoms with E-state index in [1.807, 2.05) is 18.2 Å². The molecule has 0 amide bonds. The summed E-state index contributed by atoms with van der Waals surface area (Å²) in [6.07, 6.45) is 2.98. The third kappa shape index (κ3) is 1.68. The van der Waals surface area contributed by atoms with Gasteiger partial charge in [-0.1, -0.05) is 0 Å². The van der Waals surface area contributed by atoms with Crippen molar-refractivity contribution in [2.24, 2.45) is 0 Å². The minimum atomic E-state index is 0.203. The van der Waals surface area contributed by atoms with Crippen LogP contribution in [0.1, 0.15) is 6.42 Å². The highest BCUT2D eigenvalue weighted by atomic mass is 16.5. The molecule has 1 fully saturated rings. The summed E-state index contributed by atoms with van der Waals surface area (Å²) in [5, 5.41) is 7.95. The van der Waals surface area contributed by atoms with Crippen molar-refractivity contribution in [2.45, 2.75) is 12.5 Å². The Bertz CT molecular complexity index is 460. The molecule has 78 valence electrons. The Morgan fingerprint density at radius 2 is 2.47 bits per heavy atom. The van der Waals surface area contributed by atoms with Crippen LogP contribution in [0.15, 0.2) is 24.4 Å². The minimum Gasteiger partial charge on any atom is -0.488 e. The third-order valence-electron chi connectivity index (χ3n) is 2.60. The maximum Gasteiger partial charge on any atom is 0.124 e. The fraction of sp³-hybridized carbons (Fsp3) is 0.364. The maximum absolute atomic E-state index is 5.79. The van der Waals surface area contributed by atoms with Crippen molar-refractivity contribution in [2.75, 3.05) is 13.2 Å². The minimum absolute atomic E-state index is 0.203. The molecule has 1 unspecified atom stereocenters. The molecule has 1 atom stereocenters. The Morgan fingerprint density at radius 1 is 1.47 bits per heavy atom. The first-order chi connectivity index (χ1) is 7.42. The van der Waals surface area contributed by atoms with E-state index >= 15 is 0 Å². The number of ether oxygens (including phenoxy) is 2. The predicted molar refractivity (Wildman–Crippen MR) is 55.9 cm³/mol. The summed E-state index contributed by atoms with van der Waals surface area (Å²) in [5.41, 5.74) is 1.03. The summed E-state index contributed by atoms with van der Waals surface area (Å²) in [7, 11) is 0. The Morgan fingerprint density at radius 3 is 3.33 bits per heavy atom. The van der Waals surface area contributed by atoms with Gasteiger partial charge in [0.25, 0.3) is 0 Å². The number of benzene rings is 1. The van der Waals surface area contributed by atoms with Gasteiger partial charge >= 0.3 is 0 Å². The van der Waals surface area contributed by atoms with E-state index < -0.39 is 0 Å². The van der Waals surface area contributed by atoms with Crippen LogP contribution >= 0.6 is 0 Å². The average molecular weight is 204 g/mol. The molecule has 0 radical (unpaired) electrons. The van der Waals surface area contributed by atoms with E-state index in [0.29, 0.717) is 6.61 Å². The zero-order chi connectivity index (χ0) is 10.1.